The minimum absolute atomic E-state index is 0.0477. The van der Waals surface area contributed by atoms with Crippen molar-refractivity contribution in [2.24, 2.45) is 0 Å². The molecule has 0 aliphatic carbocycles. The van der Waals surface area contributed by atoms with Gasteiger partial charge in [0.25, 0.3) is 9.84 Å². The van der Waals surface area contributed by atoms with E-state index in [4.69, 9.17) is 16.3 Å². The fraction of sp³-hybridized carbons (Fsp3) is 0.133. The van der Waals surface area contributed by atoms with E-state index in [9.17, 15) is 13.2 Å². The van der Waals surface area contributed by atoms with E-state index in [2.05, 4.69) is 0 Å². The molecule has 1 aliphatic rings. The highest BCUT2D eigenvalue weighted by Crippen LogP contribution is 2.34. The number of para-hydroxylation sites is 1. The van der Waals surface area contributed by atoms with E-state index >= 15 is 0 Å². The second-order valence-electron chi connectivity index (χ2n) is 4.69. The second-order valence-corrected chi connectivity index (χ2v) is 6.92. The summed E-state index contributed by atoms with van der Waals surface area (Å²) in [6.07, 6.45) is 0. The van der Waals surface area contributed by atoms with E-state index < -0.39 is 15.1 Å². The molecular weight excluding hydrogens is 326 g/mol. The first-order valence-corrected chi connectivity index (χ1v) is 8.40. The molecule has 0 atom stereocenters. The predicted octanol–water partition coefficient (Wildman–Crippen LogP) is 3.13. The van der Waals surface area contributed by atoms with Crippen molar-refractivity contribution in [1.82, 2.24) is 0 Å². The zero-order valence-corrected chi connectivity index (χ0v) is 13.0. The molecule has 0 bridgehead atoms. The third-order valence-corrected chi connectivity index (χ3v) is 5.15. The van der Waals surface area contributed by atoms with Gasteiger partial charge in [-0.3, -0.25) is 9.69 Å². The van der Waals surface area contributed by atoms with Gasteiger partial charge in [-0.05, 0) is 36.4 Å². The van der Waals surface area contributed by atoms with Crippen LogP contribution in [0.25, 0.3) is 0 Å². The van der Waals surface area contributed by atoms with Gasteiger partial charge in [0.15, 0.2) is 0 Å². The Morgan fingerprint density at radius 2 is 1.73 bits per heavy atom. The minimum atomic E-state index is -3.92. The van der Waals surface area contributed by atoms with Gasteiger partial charge in [-0.25, -0.2) is 8.42 Å². The highest BCUT2D eigenvalue weighted by Gasteiger charge is 2.41. The lowest BCUT2D eigenvalue weighted by Crippen LogP contribution is -2.32. The van der Waals surface area contributed by atoms with Crippen LogP contribution in [0, 0.1) is 0 Å². The standard InChI is InChI=1S/C15H12ClNO4S/c16-11-5-7-12(8-6-11)21-10-9-17-13-3-1-2-4-14(13)22(19,20)15(17)18/h1-8H,9-10H2. The molecule has 0 fully saturated rings. The maximum Gasteiger partial charge on any atom is 0.348 e. The first-order chi connectivity index (χ1) is 10.5. The van der Waals surface area contributed by atoms with Crippen molar-refractivity contribution in [3.05, 3.63) is 53.6 Å². The van der Waals surface area contributed by atoms with E-state index in [1.54, 1.807) is 42.5 Å². The molecule has 0 aromatic heterocycles. The van der Waals surface area contributed by atoms with Crippen LogP contribution in [0.4, 0.5) is 10.5 Å². The summed E-state index contributed by atoms with van der Waals surface area (Å²) in [7, 11) is -3.92. The summed E-state index contributed by atoms with van der Waals surface area (Å²) in [6, 6.07) is 13.1. The average Bonchev–Trinajstić information content (AvgIpc) is 2.71. The molecule has 0 saturated heterocycles. The van der Waals surface area contributed by atoms with E-state index in [-0.39, 0.29) is 18.0 Å². The molecule has 5 nitrogen and oxygen atoms in total. The van der Waals surface area contributed by atoms with Gasteiger partial charge in [-0.2, -0.15) is 0 Å². The number of fused-ring (bicyclic) bond motifs is 1. The smallest absolute Gasteiger partial charge is 0.348 e. The first-order valence-electron chi connectivity index (χ1n) is 6.54. The molecule has 0 unspecified atom stereocenters. The second kappa shape index (κ2) is 5.62. The van der Waals surface area contributed by atoms with Gasteiger partial charge in [0, 0.05) is 5.02 Å². The largest absolute Gasteiger partial charge is 0.492 e. The molecule has 2 aromatic carbocycles. The van der Waals surface area contributed by atoms with Gasteiger partial charge < -0.3 is 4.74 Å². The maximum atomic E-state index is 12.0. The number of carbonyl (C=O) groups excluding carboxylic acids is 1. The molecule has 0 radical (unpaired) electrons. The van der Waals surface area contributed by atoms with Crippen LogP contribution >= 0.6 is 11.6 Å². The van der Waals surface area contributed by atoms with E-state index in [0.717, 1.165) is 0 Å². The fourth-order valence-corrected chi connectivity index (χ4v) is 3.75. The van der Waals surface area contributed by atoms with Gasteiger partial charge in [0.2, 0.25) is 0 Å². The molecule has 0 saturated carbocycles. The highest BCUT2D eigenvalue weighted by atomic mass is 35.5. The van der Waals surface area contributed by atoms with Crippen LogP contribution in [0.15, 0.2) is 53.4 Å². The maximum absolute atomic E-state index is 12.0. The number of amides is 1. The van der Waals surface area contributed by atoms with Crippen LogP contribution in [0.5, 0.6) is 5.75 Å². The van der Waals surface area contributed by atoms with Crippen LogP contribution in [-0.4, -0.2) is 26.8 Å². The normalized spacial score (nSPS) is 15.7. The zero-order valence-electron chi connectivity index (χ0n) is 11.4. The lowest BCUT2D eigenvalue weighted by Gasteiger charge is -2.16. The summed E-state index contributed by atoms with van der Waals surface area (Å²) in [6.45, 7) is 0.328. The lowest BCUT2D eigenvalue weighted by atomic mass is 10.3. The molecule has 2 aromatic rings. The highest BCUT2D eigenvalue weighted by molar-refractivity contribution is 8.07. The van der Waals surface area contributed by atoms with Crippen molar-refractivity contribution < 1.29 is 17.9 Å². The first kappa shape index (κ1) is 14.9. The molecule has 114 valence electrons. The molecule has 0 spiro atoms. The van der Waals surface area contributed by atoms with Crippen molar-refractivity contribution >= 4 is 32.4 Å². The number of nitrogens with zero attached hydrogens (tertiary/aromatic N) is 1. The van der Waals surface area contributed by atoms with Crippen LogP contribution in [-0.2, 0) is 9.84 Å². The Morgan fingerprint density at radius 1 is 1.05 bits per heavy atom. The molecule has 0 N–H and O–H groups in total. The Hall–Kier alpha value is -2.05. The number of ether oxygens (including phenoxy) is 1. The molecule has 1 heterocycles. The number of hydrogen-bond acceptors (Lipinski definition) is 4. The summed E-state index contributed by atoms with van der Waals surface area (Å²) in [5, 5.41) is -0.310. The Labute approximate surface area is 133 Å². The van der Waals surface area contributed by atoms with Gasteiger partial charge in [0.05, 0.1) is 12.2 Å². The molecule has 1 aliphatic heterocycles. The SMILES string of the molecule is O=C1N(CCOc2ccc(Cl)cc2)c2ccccc2S1(=O)=O. The van der Waals surface area contributed by atoms with Crippen molar-refractivity contribution in [2.45, 2.75) is 4.90 Å². The van der Waals surface area contributed by atoms with Gasteiger partial charge in [-0.1, -0.05) is 23.7 Å². The van der Waals surface area contributed by atoms with Gasteiger partial charge >= 0.3 is 5.24 Å². The van der Waals surface area contributed by atoms with E-state index in [1.165, 1.54) is 11.0 Å². The van der Waals surface area contributed by atoms with Crippen LogP contribution in [0.2, 0.25) is 5.02 Å². The molecule has 1 amide bonds. The summed E-state index contributed by atoms with van der Waals surface area (Å²) in [5.41, 5.74) is 0.396. The minimum Gasteiger partial charge on any atom is -0.492 e. The van der Waals surface area contributed by atoms with E-state index in [1.807, 2.05) is 0 Å². The number of benzene rings is 2. The van der Waals surface area contributed by atoms with E-state index in [0.29, 0.717) is 16.5 Å². The number of rotatable bonds is 4. The molecule has 3 rings (SSSR count). The monoisotopic (exact) mass is 337 g/mol. The van der Waals surface area contributed by atoms with Crippen LogP contribution in [0.1, 0.15) is 0 Å². The Morgan fingerprint density at radius 3 is 2.45 bits per heavy atom. The zero-order chi connectivity index (χ0) is 15.7. The Kier molecular flexibility index (Phi) is 3.80. The fourth-order valence-electron chi connectivity index (χ4n) is 2.24. The molecule has 7 heteroatoms. The number of anilines is 1. The number of hydrogen-bond donors (Lipinski definition) is 0. The van der Waals surface area contributed by atoms with Crippen molar-refractivity contribution in [1.29, 1.82) is 0 Å². The van der Waals surface area contributed by atoms with Crippen molar-refractivity contribution in [3.63, 3.8) is 0 Å². The number of halogens is 1. The molecule has 22 heavy (non-hydrogen) atoms. The number of carbonyl (C=O) groups is 1. The van der Waals surface area contributed by atoms with Gasteiger partial charge in [-0.15, -0.1) is 0 Å². The summed E-state index contributed by atoms with van der Waals surface area (Å²) < 4.78 is 29.5. The third-order valence-electron chi connectivity index (χ3n) is 3.29. The lowest BCUT2D eigenvalue weighted by molar-refractivity contribution is 0.260. The van der Waals surface area contributed by atoms with Crippen molar-refractivity contribution in [3.8, 4) is 5.75 Å². The summed E-state index contributed by atoms with van der Waals surface area (Å²) >= 11 is 5.78. The molecular formula is C15H12ClNO4S. The Balaban J connectivity index is 1.73. The van der Waals surface area contributed by atoms with Crippen LogP contribution in [0.3, 0.4) is 0 Å². The van der Waals surface area contributed by atoms with Crippen LogP contribution < -0.4 is 9.64 Å². The Bertz CT molecular complexity index is 818. The topological polar surface area (TPSA) is 63.7 Å². The quantitative estimate of drug-likeness (QED) is 0.859. The van der Waals surface area contributed by atoms with Gasteiger partial charge in [0.1, 0.15) is 17.3 Å². The third kappa shape index (κ3) is 2.55. The summed E-state index contributed by atoms with van der Waals surface area (Å²) in [4.78, 5) is 13.3. The predicted molar refractivity (Wildman–Crippen MR) is 83.3 cm³/mol. The van der Waals surface area contributed by atoms with Crippen molar-refractivity contribution in [2.75, 3.05) is 18.1 Å². The number of sulfone groups is 1. The summed E-state index contributed by atoms with van der Waals surface area (Å²) in [5.74, 6) is 0.604. The average molecular weight is 338 g/mol.